The van der Waals surface area contributed by atoms with Crippen LogP contribution in [0.15, 0.2) is 53.4 Å². The second-order valence-electron chi connectivity index (χ2n) is 8.11. The summed E-state index contributed by atoms with van der Waals surface area (Å²) in [5.41, 5.74) is 1.46. The van der Waals surface area contributed by atoms with E-state index in [1.165, 1.54) is 34.1 Å². The molecule has 0 aliphatic carbocycles. The van der Waals surface area contributed by atoms with Crippen LogP contribution in [0.4, 0.5) is 11.4 Å². The highest BCUT2D eigenvalue weighted by Gasteiger charge is 2.35. The molecule has 1 atom stereocenters. The van der Waals surface area contributed by atoms with E-state index >= 15 is 0 Å². The Balaban J connectivity index is 1.62. The molecule has 1 unspecified atom stereocenters. The molecule has 0 spiro atoms. The van der Waals surface area contributed by atoms with Crippen LogP contribution in [-0.4, -0.2) is 60.7 Å². The van der Waals surface area contributed by atoms with Crippen molar-refractivity contribution >= 4 is 27.3 Å². The van der Waals surface area contributed by atoms with Gasteiger partial charge in [-0.05, 0) is 36.6 Å². The third kappa shape index (κ3) is 5.14. The van der Waals surface area contributed by atoms with E-state index in [9.17, 15) is 23.3 Å². The molecular weight excluding hydrogens is 432 g/mol. The number of anilines is 1. The van der Waals surface area contributed by atoms with Crippen molar-refractivity contribution in [3.8, 4) is 0 Å². The Hall–Kier alpha value is -2.82. The number of hydrogen-bond acceptors (Lipinski definition) is 6. The lowest BCUT2D eigenvalue weighted by Crippen LogP contribution is -2.53. The van der Waals surface area contributed by atoms with E-state index in [1.54, 1.807) is 6.92 Å². The molecule has 1 aliphatic heterocycles. The van der Waals surface area contributed by atoms with Gasteiger partial charge in [-0.2, -0.15) is 4.31 Å². The summed E-state index contributed by atoms with van der Waals surface area (Å²) in [5.74, 6) is 0.237. The minimum Gasteiger partial charge on any atom is -0.325 e. The molecule has 3 rings (SSSR count). The molecule has 0 bridgehead atoms. The number of amides is 1. The summed E-state index contributed by atoms with van der Waals surface area (Å²) < 4.78 is 27.2. The van der Waals surface area contributed by atoms with Gasteiger partial charge in [0.05, 0.1) is 11.0 Å². The van der Waals surface area contributed by atoms with Gasteiger partial charge in [0.25, 0.3) is 5.69 Å². The van der Waals surface area contributed by atoms with Crippen LogP contribution in [0.1, 0.15) is 32.3 Å². The lowest BCUT2D eigenvalue weighted by Gasteiger charge is -2.36. The minimum atomic E-state index is -4.00. The summed E-state index contributed by atoms with van der Waals surface area (Å²) in [7, 11) is -4.00. The van der Waals surface area contributed by atoms with Gasteiger partial charge in [-0.1, -0.05) is 38.1 Å². The van der Waals surface area contributed by atoms with E-state index in [4.69, 9.17) is 0 Å². The van der Waals surface area contributed by atoms with Gasteiger partial charge in [0, 0.05) is 37.9 Å². The Morgan fingerprint density at radius 3 is 2.16 bits per heavy atom. The van der Waals surface area contributed by atoms with Crippen molar-refractivity contribution in [2.75, 3.05) is 31.5 Å². The van der Waals surface area contributed by atoms with Gasteiger partial charge in [-0.15, -0.1) is 0 Å². The number of nitrogens with zero attached hydrogens (tertiary/aromatic N) is 3. The molecule has 1 aliphatic rings. The van der Waals surface area contributed by atoms with Crippen molar-refractivity contribution in [3.63, 3.8) is 0 Å². The molecule has 1 amide bonds. The number of sulfonamides is 1. The van der Waals surface area contributed by atoms with Crippen molar-refractivity contribution in [2.45, 2.75) is 37.6 Å². The summed E-state index contributed by atoms with van der Waals surface area (Å²) in [6.07, 6.45) is 0. The smallest absolute Gasteiger partial charge is 0.289 e. The number of carbonyl (C=O) groups excluding carboxylic acids is 1. The zero-order valence-corrected chi connectivity index (χ0v) is 19.2. The van der Waals surface area contributed by atoms with Crippen LogP contribution in [0.2, 0.25) is 0 Å². The lowest BCUT2D eigenvalue weighted by molar-refractivity contribution is -0.387. The van der Waals surface area contributed by atoms with Crippen LogP contribution in [0.3, 0.4) is 0 Å². The van der Waals surface area contributed by atoms with E-state index in [2.05, 4.69) is 19.2 Å². The molecular formula is C22H28N4O5S. The molecule has 1 N–H and O–H groups in total. The monoisotopic (exact) mass is 460 g/mol. The predicted molar refractivity (Wildman–Crippen MR) is 122 cm³/mol. The molecule has 1 heterocycles. The quantitative estimate of drug-likeness (QED) is 0.502. The molecule has 10 heteroatoms. The number of para-hydroxylation sites is 1. The first kappa shape index (κ1) is 23.8. The Morgan fingerprint density at radius 2 is 1.59 bits per heavy atom. The molecule has 2 aromatic carbocycles. The normalized spacial score (nSPS) is 16.6. The zero-order chi connectivity index (χ0) is 23.5. The molecule has 1 fully saturated rings. The SMILES string of the molecule is CC(C)c1ccc(NC(=O)C(C)N2CCN(S(=O)(=O)c3ccccc3[N+](=O)[O-])CC2)cc1. The Labute approximate surface area is 188 Å². The Bertz CT molecular complexity index is 1080. The first-order valence-electron chi connectivity index (χ1n) is 10.5. The minimum absolute atomic E-state index is 0.148. The first-order valence-corrected chi connectivity index (χ1v) is 11.9. The molecule has 0 saturated carbocycles. The third-order valence-corrected chi connectivity index (χ3v) is 7.67. The van der Waals surface area contributed by atoms with Gasteiger partial charge in [0.15, 0.2) is 4.90 Å². The number of nitrogens with one attached hydrogen (secondary N) is 1. The highest BCUT2D eigenvalue weighted by Crippen LogP contribution is 2.27. The fourth-order valence-corrected chi connectivity index (χ4v) is 5.24. The second-order valence-corrected chi connectivity index (χ2v) is 10.0. The number of rotatable bonds is 7. The highest BCUT2D eigenvalue weighted by molar-refractivity contribution is 7.89. The largest absolute Gasteiger partial charge is 0.325 e. The fraction of sp³-hybridized carbons (Fsp3) is 0.409. The molecule has 0 aromatic heterocycles. The maximum atomic E-state index is 13.0. The average molecular weight is 461 g/mol. The summed E-state index contributed by atoms with van der Waals surface area (Å²) >= 11 is 0. The van der Waals surface area contributed by atoms with E-state index in [0.29, 0.717) is 24.7 Å². The maximum absolute atomic E-state index is 13.0. The van der Waals surface area contributed by atoms with Crippen LogP contribution < -0.4 is 5.32 Å². The van der Waals surface area contributed by atoms with Gasteiger partial charge < -0.3 is 5.32 Å². The van der Waals surface area contributed by atoms with Crippen molar-refractivity contribution in [2.24, 2.45) is 0 Å². The molecule has 32 heavy (non-hydrogen) atoms. The van der Waals surface area contributed by atoms with Crippen molar-refractivity contribution < 1.29 is 18.1 Å². The van der Waals surface area contributed by atoms with Crippen LogP contribution in [0.5, 0.6) is 0 Å². The van der Waals surface area contributed by atoms with Gasteiger partial charge in [0.1, 0.15) is 0 Å². The zero-order valence-electron chi connectivity index (χ0n) is 18.4. The second kappa shape index (κ2) is 9.76. The standard InChI is InChI=1S/C22H28N4O5S/c1-16(2)18-8-10-19(11-9-18)23-22(27)17(3)24-12-14-25(15-13-24)32(30,31)21-7-5-4-6-20(21)26(28)29/h4-11,16-17H,12-15H2,1-3H3,(H,23,27). The number of piperazine rings is 1. The van der Waals surface area contributed by atoms with Crippen LogP contribution in [0.25, 0.3) is 0 Å². The topological polar surface area (TPSA) is 113 Å². The Morgan fingerprint density at radius 1 is 1.00 bits per heavy atom. The Kier molecular flexibility index (Phi) is 7.27. The number of nitro groups is 1. The van der Waals surface area contributed by atoms with E-state index < -0.39 is 26.7 Å². The van der Waals surface area contributed by atoms with Crippen LogP contribution in [0, 0.1) is 10.1 Å². The number of benzene rings is 2. The fourth-order valence-electron chi connectivity index (χ4n) is 3.66. The number of carbonyl (C=O) groups is 1. The van der Waals surface area contributed by atoms with Crippen molar-refractivity contribution in [3.05, 3.63) is 64.2 Å². The molecule has 172 valence electrons. The average Bonchev–Trinajstić information content (AvgIpc) is 2.79. The van der Waals surface area contributed by atoms with E-state index in [0.717, 1.165) is 0 Å². The number of nitro benzene ring substituents is 1. The predicted octanol–water partition coefficient (Wildman–Crippen LogP) is 3.05. The number of hydrogen-bond donors (Lipinski definition) is 1. The first-order chi connectivity index (χ1) is 15.1. The molecule has 1 saturated heterocycles. The molecule has 0 radical (unpaired) electrons. The van der Waals surface area contributed by atoms with Crippen molar-refractivity contribution in [1.29, 1.82) is 0 Å². The summed E-state index contributed by atoms with van der Waals surface area (Å²) in [6, 6.07) is 12.6. The third-order valence-electron chi connectivity index (χ3n) is 5.73. The summed E-state index contributed by atoms with van der Waals surface area (Å²) in [5, 5.41) is 14.1. The maximum Gasteiger partial charge on any atom is 0.289 e. The van der Waals surface area contributed by atoms with E-state index in [1.807, 2.05) is 29.2 Å². The van der Waals surface area contributed by atoms with Crippen molar-refractivity contribution in [1.82, 2.24) is 9.21 Å². The van der Waals surface area contributed by atoms with Crippen LogP contribution in [-0.2, 0) is 14.8 Å². The lowest BCUT2D eigenvalue weighted by atomic mass is 10.0. The van der Waals surface area contributed by atoms with Crippen LogP contribution >= 0.6 is 0 Å². The highest BCUT2D eigenvalue weighted by atomic mass is 32.2. The van der Waals surface area contributed by atoms with Gasteiger partial charge in [0.2, 0.25) is 15.9 Å². The van der Waals surface area contributed by atoms with Gasteiger partial charge in [-0.25, -0.2) is 8.42 Å². The summed E-state index contributed by atoms with van der Waals surface area (Å²) in [6.45, 7) is 6.98. The molecule has 2 aromatic rings. The molecule has 9 nitrogen and oxygen atoms in total. The summed E-state index contributed by atoms with van der Waals surface area (Å²) in [4.78, 5) is 24.8. The van der Waals surface area contributed by atoms with Gasteiger partial charge in [-0.3, -0.25) is 19.8 Å². The van der Waals surface area contributed by atoms with Gasteiger partial charge >= 0.3 is 0 Å². The van der Waals surface area contributed by atoms with E-state index in [-0.39, 0.29) is 23.9 Å².